The van der Waals surface area contributed by atoms with E-state index in [4.69, 9.17) is 4.99 Å². The van der Waals surface area contributed by atoms with Crippen LogP contribution in [0.5, 0.6) is 0 Å². The van der Waals surface area contributed by atoms with Crippen LogP contribution in [0.2, 0.25) is 0 Å². The molecule has 0 aromatic heterocycles. The number of hydrogen-bond donors (Lipinski definition) is 0. The zero-order valence-electron chi connectivity index (χ0n) is 11.7. The van der Waals surface area contributed by atoms with Crippen molar-refractivity contribution in [1.82, 2.24) is 0 Å². The highest BCUT2D eigenvalue weighted by molar-refractivity contribution is 5.91. The minimum Gasteiger partial charge on any atom is -0.257 e. The monoisotopic (exact) mass is 230 g/mol. The Balaban J connectivity index is 3.39. The summed E-state index contributed by atoms with van der Waals surface area (Å²) in [6.07, 6.45) is 0.907. The van der Waals surface area contributed by atoms with Gasteiger partial charge in [-0.25, -0.2) is 0 Å². The number of hydrogen-bond acceptors (Lipinski definition) is 1. The SMILES string of the molecule is [CH2]C(CC)=Nc1c(C(C)C)cccc1C(C)C. The molecule has 0 saturated carbocycles. The van der Waals surface area contributed by atoms with Crippen LogP contribution in [0.25, 0.3) is 0 Å². The van der Waals surface area contributed by atoms with Crippen LogP contribution in [0.3, 0.4) is 0 Å². The predicted octanol–water partition coefficient (Wildman–Crippen LogP) is 5.25. The summed E-state index contributed by atoms with van der Waals surface area (Å²) in [5.41, 5.74) is 4.75. The van der Waals surface area contributed by atoms with Gasteiger partial charge in [0.15, 0.2) is 0 Å². The molecular formula is C16H24N. The molecule has 1 heteroatoms. The van der Waals surface area contributed by atoms with Crippen LogP contribution >= 0.6 is 0 Å². The van der Waals surface area contributed by atoms with Crippen LogP contribution in [-0.4, -0.2) is 5.71 Å². The zero-order valence-corrected chi connectivity index (χ0v) is 11.7. The molecule has 17 heavy (non-hydrogen) atoms. The largest absolute Gasteiger partial charge is 0.257 e. The molecule has 0 saturated heterocycles. The molecule has 0 spiro atoms. The first-order chi connectivity index (χ1) is 7.97. The summed E-state index contributed by atoms with van der Waals surface area (Å²) in [5.74, 6) is 0.995. The van der Waals surface area contributed by atoms with Gasteiger partial charge >= 0.3 is 0 Å². The third kappa shape index (κ3) is 3.42. The summed E-state index contributed by atoms with van der Waals surface area (Å²) in [4.78, 5) is 4.73. The Hall–Kier alpha value is -1.11. The Morgan fingerprint density at radius 2 is 1.59 bits per heavy atom. The van der Waals surface area contributed by atoms with Gasteiger partial charge in [0.1, 0.15) is 0 Å². The van der Waals surface area contributed by atoms with Crippen molar-refractivity contribution < 1.29 is 0 Å². The summed E-state index contributed by atoms with van der Waals surface area (Å²) < 4.78 is 0. The lowest BCUT2D eigenvalue weighted by molar-refractivity contribution is 0.834. The lowest BCUT2D eigenvalue weighted by Gasteiger charge is -2.16. The van der Waals surface area contributed by atoms with Crippen molar-refractivity contribution in [2.45, 2.75) is 52.9 Å². The standard InChI is InChI=1S/C16H24N/c1-7-13(6)17-16-14(11(2)3)9-8-10-15(16)12(4)5/h8-12H,6-7H2,1-5H3. The van der Waals surface area contributed by atoms with Gasteiger partial charge in [0.25, 0.3) is 0 Å². The van der Waals surface area contributed by atoms with E-state index in [-0.39, 0.29) is 0 Å². The Morgan fingerprint density at radius 1 is 1.12 bits per heavy atom. The van der Waals surface area contributed by atoms with Crippen LogP contribution in [0.4, 0.5) is 5.69 Å². The fraction of sp³-hybridized carbons (Fsp3) is 0.500. The summed E-state index contributed by atoms with van der Waals surface area (Å²) in [6, 6.07) is 6.50. The zero-order chi connectivity index (χ0) is 13.0. The van der Waals surface area contributed by atoms with Gasteiger partial charge in [0, 0.05) is 5.71 Å². The topological polar surface area (TPSA) is 12.4 Å². The molecule has 0 atom stereocenters. The second-order valence-corrected chi connectivity index (χ2v) is 5.13. The molecule has 0 aliphatic carbocycles. The van der Waals surface area contributed by atoms with E-state index in [1.165, 1.54) is 11.1 Å². The van der Waals surface area contributed by atoms with Gasteiger partial charge in [-0.1, -0.05) is 52.8 Å². The van der Waals surface area contributed by atoms with Gasteiger partial charge in [0.2, 0.25) is 0 Å². The van der Waals surface area contributed by atoms with Gasteiger partial charge in [-0.3, -0.25) is 4.99 Å². The van der Waals surface area contributed by atoms with Crippen molar-refractivity contribution in [3.63, 3.8) is 0 Å². The molecule has 0 bridgehead atoms. The van der Waals surface area contributed by atoms with Crippen molar-refractivity contribution >= 4 is 11.4 Å². The molecule has 1 radical (unpaired) electrons. The molecule has 0 N–H and O–H groups in total. The molecule has 0 unspecified atom stereocenters. The Kier molecular flexibility index (Phi) is 4.92. The first-order valence-corrected chi connectivity index (χ1v) is 6.49. The van der Waals surface area contributed by atoms with Crippen molar-refractivity contribution in [1.29, 1.82) is 0 Å². The summed E-state index contributed by atoms with van der Waals surface area (Å²) in [5, 5.41) is 0. The average molecular weight is 230 g/mol. The van der Waals surface area contributed by atoms with Crippen molar-refractivity contribution in [2.24, 2.45) is 4.99 Å². The maximum absolute atomic E-state index is 4.73. The minimum absolute atomic E-state index is 0.497. The predicted molar refractivity (Wildman–Crippen MR) is 77.4 cm³/mol. The van der Waals surface area contributed by atoms with E-state index in [0.717, 1.165) is 17.8 Å². The lowest BCUT2D eigenvalue weighted by atomic mass is 9.93. The number of para-hydroxylation sites is 1. The van der Waals surface area contributed by atoms with Crippen LogP contribution in [0.15, 0.2) is 23.2 Å². The number of rotatable bonds is 4. The first kappa shape index (κ1) is 14.0. The van der Waals surface area contributed by atoms with E-state index < -0.39 is 0 Å². The van der Waals surface area contributed by atoms with Gasteiger partial charge < -0.3 is 0 Å². The smallest absolute Gasteiger partial charge is 0.0698 e. The Labute approximate surface area is 106 Å². The van der Waals surface area contributed by atoms with E-state index in [1.807, 2.05) is 0 Å². The molecule has 1 nitrogen and oxygen atoms in total. The maximum atomic E-state index is 4.73. The fourth-order valence-corrected chi connectivity index (χ4v) is 1.88. The molecule has 93 valence electrons. The maximum Gasteiger partial charge on any atom is 0.0698 e. The van der Waals surface area contributed by atoms with Gasteiger partial charge in [-0.2, -0.15) is 0 Å². The van der Waals surface area contributed by atoms with E-state index in [2.05, 4.69) is 59.7 Å². The van der Waals surface area contributed by atoms with E-state index in [1.54, 1.807) is 0 Å². The van der Waals surface area contributed by atoms with Crippen molar-refractivity contribution in [3.8, 4) is 0 Å². The van der Waals surface area contributed by atoms with E-state index >= 15 is 0 Å². The first-order valence-electron chi connectivity index (χ1n) is 6.49. The van der Waals surface area contributed by atoms with Crippen molar-refractivity contribution in [3.05, 3.63) is 36.2 Å². The van der Waals surface area contributed by atoms with E-state index in [9.17, 15) is 0 Å². The quantitative estimate of drug-likeness (QED) is 0.626. The van der Waals surface area contributed by atoms with Crippen LogP contribution in [-0.2, 0) is 0 Å². The molecule has 1 aromatic carbocycles. The van der Waals surface area contributed by atoms with Crippen LogP contribution in [0, 0.1) is 6.92 Å². The van der Waals surface area contributed by atoms with Gasteiger partial charge in [-0.15, -0.1) is 0 Å². The van der Waals surface area contributed by atoms with Gasteiger partial charge in [-0.05, 0) is 36.3 Å². The minimum atomic E-state index is 0.497. The number of aliphatic imine (C=N–C) groups is 1. The Morgan fingerprint density at radius 3 is 1.94 bits per heavy atom. The van der Waals surface area contributed by atoms with Crippen LogP contribution < -0.4 is 0 Å². The molecule has 1 aromatic rings. The molecular weight excluding hydrogens is 206 g/mol. The second kappa shape index (κ2) is 6.00. The summed E-state index contributed by atoms with van der Waals surface area (Å²) >= 11 is 0. The number of nitrogens with zero attached hydrogens (tertiary/aromatic N) is 1. The molecule has 0 amide bonds. The molecule has 0 aliphatic rings. The third-order valence-corrected chi connectivity index (χ3v) is 3.02. The van der Waals surface area contributed by atoms with Crippen LogP contribution in [0.1, 0.15) is 64.0 Å². The van der Waals surface area contributed by atoms with Gasteiger partial charge in [0.05, 0.1) is 5.69 Å². The molecule has 0 fully saturated rings. The Bertz CT molecular complexity index is 374. The average Bonchev–Trinajstić information content (AvgIpc) is 2.28. The molecule has 0 aliphatic heterocycles. The second-order valence-electron chi connectivity index (χ2n) is 5.13. The summed E-state index contributed by atoms with van der Waals surface area (Å²) in [6.45, 7) is 15.0. The summed E-state index contributed by atoms with van der Waals surface area (Å²) in [7, 11) is 0. The highest BCUT2D eigenvalue weighted by atomic mass is 14.8. The van der Waals surface area contributed by atoms with Crippen molar-refractivity contribution in [2.75, 3.05) is 0 Å². The molecule has 1 rings (SSSR count). The molecule has 0 heterocycles. The lowest BCUT2D eigenvalue weighted by Crippen LogP contribution is -1.97. The normalized spacial score (nSPS) is 12.6. The van der Waals surface area contributed by atoms with E-state index in [0.29, 0.717) is 11.8 Å². The number of benzene rings is 1. The fourth-order valence-electron chi connectivity index (χ4n) is 1.88. The third-order valence-electron chi connectivity index (χ3n) is 3.02. The highest BCUT2D eigenvalue weighted by Gasteiger charge is 2.12. The highest BCUT2D eigenvalue weighted by Crippen LogP contribution is 2.34.